The molecular formula is C17H20N2O2S. The molecule has 0 unspecified atom stereocenters. The van der Waals surface area contributed by atoms with Crippen LogP contribution in [0.5, 0.6) is 0 Å². The second-order valence-corrected chi connectivity index (χ2v) is 5.77. The van der Waals surface area contributed by atoms with Crippen molar-refractivity contribution in [3.63, 3.8) is 0 Å². The first-order valence-electron chi connectivity index (χ1n) is 7.38. The summed E-state index contributed by atoms with van der Waals surface area (Å²) in [7, 11) is 0. The number of rotatable bonds is 4. The van der Waals surface area contributed by atoms with E-state index in [4.69, 9.17) is 4.74 Å². The molecule has 1 heterocycles. The Labute approximate surface area is 135 Å². The van der Waals surface area contributed by atoms with E-state index in [-0.39, 0.29) is 12.2 Å². The van der Waals surface area contributed by atoms with Crippen LogP contribution in [-0.4, -0.2) is 36.8 Å². The zero-order valence-corrected chi connectivity index (χ0v) is 13.8. The number of hydrogen-bond donors (Lipinski definition) is 0. The van der Waals surface area contributed by atoms with Crippen LogP contribution in [0.2, 0.25) is 0 Å². The van der Waals surface area contributed by atoms with Gasteiger partial charge in [-0.2, -0.15) is 5.26 Å². The van der Waals surface area contributed by atoms with Gasteiger partial charge in [-0.3, -0.25) is 0 Å². The molecule has 22 heavy (non-hydrogen) atoms. The molecule has 0 atom stereocenters. The molecule has 0 fully saturated rings. The first kappa shape index (κ1) is 16.4. The van der Waals surface area contributed by atoms with Crippen molar-refractivity contribution in [2.24, 2.45) is 0 Å². The van der Waals surface area contributed by atoms with Gasteiger partial charge in [-0.05, 0) is 37.1 Å². The summed E-state index contributed by atoms with van der Waals surface area (Å²) in [6.07, 6.45) is 3.73. The van der Waals surface area contributed by atoms with Crippen molar-refractivity contribution in [2.45, 2.75) is 19.8 Å². The zero-order chi connectivity index (χ0) is 15.9. The average Bonchev–Trinajstić information content (AvgIpc) is 2.75. The molecule has 5 heteroatoms. The fourth-order valence-electron chi connectivity index (χ4n) is 2.64. The minimum atomic E-state index is -0.531. The van der Waals surface area contributed by atoms with Crippen LogP contribution >= 0.6 is 11.8 Å². The van der Waals surface area contributed by atoms with Crippen LogP contribution < -0.4 is 0 Å². The highest BCUT2D eigenvalue weighted by Gasteiger charge is 2.23. The van der Waals surface area contributed by atoms with Gasteiger partial charge in [0.05, 0.1) is 11.6 Å². The van der Waals surface area contributed by atoms with Crippen molar-refractivity contribution >= 4 is 17.7 Å². The predicted molar refractivity (Wildman–Crippen MR) is 88.2 cm³/mol. The van der Waals surface area contributed by atoms with Gasteiger partial charge in [0.15, 0.2) is 5.57 Å². The third-order valence-electron chi connectivity index (χ3n) is 3.71. The van der Waals surface area contributed by atoms with Crippen LogP contribution in [0, 0.1) is 11.3 Å². The number of fused-ring (bicyclic) bond motifs is 1. The van der Waals surface area contributed by atoms with E-state index in [1.165, 1.54) is 22.9 Å². The van der Waals surface area contributed by atoms with E-state index in [0.717, 1.165) is 25.9 Å². The van der Waals surface area contributed by atoms with E-state index in [2.05, 4.69) is 29.2 Å². The molecule has 0 aromatic heterocycles. The summed E-state index contributed by atoms with van der Waals surface area (Å²) < 4.78 is 5.00. The predicted octanol–water partition coefficient (Wildman–Crippen LogP) is 2.75. The molecule has 1 aliphatic heterocycles. The molecule has 0 saturated heterocycles. The van der Waals surface area contributed by atoms with E-state index in [1.807, 2.05) is 12.3 Å². The third-order valence-corrected chi connectivity index (χ3v) is 4.56. The van der Waals surface area contributed by atoms with Crippen molar-refractivity contribution in [3.8, 4) is 6.07 Å². The molecule has 0 spiro atoms. The monoisotopic (exact) mass is 316 g/mol. The molecule has 0 saturated carbocycles. The van der Waals surface area contributed by atoms with Gasteiger partial charge in [0.1, 0.15) is 6.07 Å². The van der Waals surface area contributed by atoms with Crippen LogP contribution in [0.15, 0.2) is 34.9 Å². The molecule has 4 nitrogen and oxygen atoms in total. The summed E-state index contributed by atoms with van der Waals surface area (Å²) in [6.45, 7) is 3.63. The number of ether oxygens (including phenoxy) is 1. The van der Waals surface area contributed by atoms with Crippen molar-refractivity contribution in [3.05, 3.63) is 46.0 Å². The maximum absolute atomic E-state index is 12.0. The van der Waals surface area contributed by atoms with E-state index < -0.39 is 5.97 Å². The van der Waals surface area contributed by atoms with Gasteiger partial charge in [-0.1, -0.05) is 24.3 Å². The maximum atomic E-state index is 12.0. The van der Waals surface area contributed by atoms with Crippen molar-refractivity contribution in [1.82, 2.24) is 4.90 Å². The number of carbonyl (C=O) groups excluding carboxylic acids is 1. The minimum absolute atomic E-state index is 0.111. The Bertz CT molecular complexity index is 592. The van der Waals surface area contributed by atoms with Crippen molar-refractivity contribution < 1.29 is 9.53 Å². The Hall–Kier alpha value is -1.93. The fraction of sp³-hybridized carbons (Fsp3) is 0.412. The first-order chi connectivity index (χ1) is 10.7. The van der Waals surface area contributed by atoms with Crippen LogP contribution in [-0.2, 0) is 22.4 Å². The molecule has 1 aromatic carbocycles. The number of thioether (sulfide) groups is 1. The quantitative estimate of drug-likeness (QED) is 0.486. The number of carbonyl (C=O) groups is 1. The normalized spacial score (nSPS) is 15.2. The van der Waals surface area contributed by atoms with Gasteiger partial charge in [0.2, 0.25) is 0 Å². The summed E-state index contributed by atoms with van der Waals surface area (Å²) in [5.74, 6) is -0.531. The Kier molecular flexibility index (Phi) is 5.91. The van der Waals surface area contributed by atoms with Gasteiger partial charge >= 0.3 is 5.97 Å². The second kappa shape index (κ2) is 7.90. The first-order valence-corrected chi connectivity index (χ1v) is 8.61. The molecule has 2 rings (SSSR count). The Morgan fingerprint density at radius 2 is 1.91 bits per heavy atom. The van der Waals surface area contributed by atoms with Gasteiger partial charge in [-0.25, -0.2) is 4.79 Å². The van der Waals surface area contributed by atoms with Gasteiger partial charge < -0.3 is 9.64 Å². The highest BCUT2D eigenvalue weighted by Crippen LogP contribution is 2.26. The largest absolute Gasteiger partial charge is 0.462 e. The highest BCUT2D eigenvalue weighted by atomic mass is 32.2. The summed E-state index contributed by atoms with van der Waals surface area (Å²) in [4.78, 5) is 14.1. The number of benzene rings is 1. The van der Waals surface area contributed by atoms with E-state index in [1.54, 1.807) is 6.92 Å². The standard InChI is InChI=1S/C17H20N2O2S/c1-3-21-17(20)15(12-18)16(22-2)19-10-8-13-6-4-5-7-14(13)9-11-19/h4-7H,3,8-11H2,1-2H3/b16-15-. The van der Waals surface area contributed by atoms with Crippen molar-refractivity contribution in [2.75, 3.05) is 26.0 Å². The van der Waals surface area contributed by atoms with Crippen LogP contribution in [0.1, 0.15) is 18.1 Å². The number of nitrogens with zero attached hydrogens (tertiary/aromatic N) is 2. The topological polar surface area (TPSA) is 53.3 Å². The number of esters is 1. The van der Waals surface area contributed by atoms with Gasteiger partial charge in [-0.15, -0.1) is 11.8 Å². The Balaban J connectivity index is 2.25. The zero-order valence-electron chi connectivity index (χ0n) is 13.0. The number of nitriles is 1. The summed E-state index contributed by atoms with van der Waals surface area (Å²) >= 11 is 1.43. The molecule has 0 bridgehead atoms. The van der Waals surface area contributed by atoms with Crippen LogP contribution in [0.3, 0.4) is 0 Å². The maximum Gasteiger partial charge on any atom is 0.351 e. The Morgan fingerprint density at radius 3 is 2.36 bits per heavy atom. The minimum Gasteiger partial charge on any atom is -0.462 e. The summed E-state index contributed by atoms with van der Waals surface area (Å²) in [6, 6.07) is 10.4. The lowest BCUT2D eigenvalue weighted by Gasteiger charge is -2.25. The molecule has 1 aromatic rings. The molecule has 116 valence electrons. The van der Waals surface area contributed by atoms with Gasteiger partial charge in [0.25, 0.3) is 0 Å². The van der Waals surface area contributed by atoms with E-state index in [9.17, 15) is 10.1 Å². The molecule has 0 N–H and O–H groups in total. The fourth-order valence-corrected chi connectivity index (χ4v) is 3.42. The lowest BCUT2D eigenvalue weighted by Crippen LogP contribution is -2.27. The lowest BCUT2D eigenvalue weighted by molar-refractivity contribution is -0.138. The van der Waals surface area contributed by atoms with E-state index in [0.29, 0.717) is 5.03 Å². The average molecular weight is 316 g/mol. The lowest BCUT2D eigenvalue weighted by atomic mass is 10.0. The summed E-state index contributed by atoms with van der Waals surface area (Å²) in [5.41, 5.74) is 2.81. The second-order valence-electron chi connectivity index (χ2n) is 4.97. The highest BCUT2D eigenvalue weighted by molar-refractivity contribution is 8.02. The molecule has 0 amide bonds. The Morgan fingerprint density at radius 1 is 1.32 bits per heavy atom. The third kappa shape index (κ3) is 3.63. The smallest absolute Gasteiger partial charge is 0.351 e. The number of hydrogen-bond acceptors (Lipinski definition) is 5. The van der Waals surface area contributed by atoms with Gasteiger partial charge in [0, 0.05) is 13.1 Å². The molecule has 0 aliphatic carbocycles. The molecule has 0 radical (unpaired) electrons. The van der Waals surface area contributed by atoms with Crippen LogP contribution in [0.4, 0.5) is 0 Å². The van der Waals surface area contributed by atoms with E-state index >= 15 is 0 Å². The summed E-state index contributed by atoms with van der Waals surface area (Å²) in [5, 5.41) is 10.1. The molecule has 1 aliphatic rings. The molecular weight excluding hydrogens is 296 g/mol. The van der Waals surface area contributed by atoms with Crippen molar-refractivity contribution in [1.29, 1.82) is 5.26 Å². The SMILES string of the molecule is CCOC(=O)/C(C#N)=C(\SC)N1CCc2ccccc2CC1. The van der Waals surface area contributed by atoms with Crippen LogP contribution in [0.25, 0.3) is 0 Å².